The smallest absolute Gasteiger partial charge is 0.245 e. The Morgan fingerprint density at radius 2 is 1.75 bits per heavy atom. The van der Waals surface area contributed by atoms with Gasteiger partial charge < -0.3 is 32.3 Å². The number of nitrogens with one attached hydrogen (secondary N) is 1. The predicted octanol–water partition coefficient (Wildman–Crippen LogP) is 0.344. The van der Waals surface area contributed by atoms with Crippen molar-refractivity contribution in [3.63, 3.8) is 0 Å². The molecule has 10 nitrogen and oxygen atoms in total. The predicted molar refractivity (Wildman–Crippen MR) is 140 cm³/mol. The molecular formula is C26H41N7O3. The van der Waals surface area contributed by atoms with Crippen LogP contribution in [-0.2, 0) is 20.8 Å². The molecule has 1 aromatic rings. The number of aliphatic imine (C=N–C) groups is 1. The second kappa shape index (κ2) is 13.2. The minimum absolute atomic E-state index is 0.00104. The fourth-order valence-corrected chi connectivity index (χ4v) is 4.95. The van der Waals surface area contributed by atoms with E-state index >= 15 is 0 Å². The Labute approximate surface area is 213 Å². The van der Waals surface area contributed by atoms with Crippen LogP contribution in [0.1, 0.15) is 51.0 Å². The third-order valence-corrected chi connectivity index (χ3v) is 7.11. The zero-order chi connectivity index (χ0) is 26.1. The van der Waals surface area contributed by atoms with Gasteiger partial charge in [0.05, 0.1) is 6.04 Å². The van der Waals surface area contributed by atoms with E-state index in [9.17, 15) is 14.4 Å². The molecule has 2 heterocycles. The lowest BCUT2D eigenvalue weighted by Gasteiger charge is -2.34. The number of carbonyl (C=O) groups excluding carboxylic acids is 3. The molecule has 198 valence electrons. The second-order valence-electron chi connectivity index (χ2n) is 10.0. The summed E-state index contributed by atoms with van der Waals surface area (Å²) < 4.78 is 0. The number of hydrogen-bond donors (Lipinski definition) is 4. The number of nitrogens with zero attached hydrogens (tertiary/aromatic N) is 3. The van der Waals surface area contributed by atoms with E-state index in [2.05, 4.69) is 17.2 Å². The van der Waals surface area contributed by atoms with Crippen LogP contribution in [-0.4, -0.2) is 77.8 Å². The molecule has 0 aliphatic carbocycles. The van der Waals surface area contributed by atoms with E-state index in [4.69, 9.17) is 17.2 Å². The Kier molecular flexibility index (Phi) is 10.1. The SMILES string of the molecule is CC1CCN(C(=O)[C@H](CCCN=C(N)N)NC(=O)[C@@H]2CCCN2C(=O)[C@H](N)Cc2ccccc2)CC1. The van der Waals surface area contributed by atoms with Crippen LogP contribution in [0, 0.1) is 5.92 Å². The van der Waals surface area contributed by atoms with Gasteiger partial charge in [-0.1, -0.05) is 37.3 Å². The summed E-state index contributed by atoms with van der Waals surface area (Å²) in [6, 6.07) is 7.55. The minimum Gasteiger partial charge on any atom is -0.370 e. The standard InChI is InChI=1S/C26H41N7O3/c1-18-11-15-32(16-12-18)25(36)21(9-5-13-30-26(28)29)31-23(34)22-10-6-14-33(22)24(35)20(27)17-19-7-3-2-4-8-19/h2-4,7-8,18,20-22H,5-6,9-17,27H2,1H3,(H,31,34)(H4,28,29,30)/t20-,21+,22+/m1/s1. The molecule has 7 N–H and O–H groups in total. The molecule has 1 aromatic carbocycles. The van der Waals surface area contributed by atoms with Gasteiger partial charge in [-0.15, -0.1) is 0 Å². The van der Waals surface area contributed by atoms with Gasteiger partial charge in [0.25, 0.3) is 0 Å². The van der Waals surface area contributed by atoms with Crippen molar-refractivity contribution in [3.05, 3.63) is 35.9 Å². The van der Waals surface area contributed by atoms with Gasteiger partial charge in [-0.25, -0.2) is 0 Å². The highest BCUT2D eigenvalue weighted by Crippen LogP contribution is 2.21. The number of rotatable bonds is 10. The number of guanidine groups is 1. The van der Waals surface area contributed by atoms with Crippen molar-refractivity contribution in [2.24, 2.45) is 28.1 Å². The lowest BCUT2D eigenvalue weighted by atomic mass is 9.98. The summed E-state index contributed by atoms with van der Waals surface area (Å²) in [4.78, 5) is 47.2. The minimum atomic E-state index is -0.729. The van der Waals surface area contributed by atoms with Crippen LogP contribution in [0.4, 0.5) is 0 Å². The van der Waals surface area contributed by atoms with Crippen molar-refractivity contribution in [1.82, 2.24) is 15.1 Å². The molecule has 0 radical (unpaired) electrons. The molecule has 0 unspecified atom stereocenters. The monoisotopic (exact) mass is 499 g/mol. The van der Waals surface area contributed by atoms with E-state index in [1.807, 2.05) is 35.2 Å². The third-order valence-electron chi connectivity index (χ3n) is 7.11. The second-order valence-corrected chi connectivity index (χ2v) is 10.0. The largest absolute Gasteiger partial charge is 0.370 e. The molecular weight excluding hydrogens is 458 g/mol. The maximum Gasteiger partial charge on any atom is 0.245 e. The first-order valence-corrected chi connectivity index (χ1v) is 13.0. The van der Waals surface area contributed by atoms with Gasteiger partial charge in [0.1, 0.15) is 12.1 Å². The molecule has 0 aromatic heterocycles. The molecule has 0 spiro atoms. The number of hydrogen-bond acceptors (Lipinski definition) is 5. The Morgan fingerprint density at radius 3 is 2.42 bits per heavy atom. The van der Waals surface area contributed by atoms with Crippen molar-refractivity contribution in [1.29, 1.82) is 0 Å². The first-order chi connectivity index (χ1) is 17.3. The first kappa shape index (κ1) is 27.4. The molecule has 0 saturated carbocycles. The Balaban J connectivity index is 1.64. The van der Waals surface area contributed by atoms with Crippen molar-refractivity contribution in [3.8, 4) is 0 Å². The number of carbonyl (C=O) groups is 3. The molecule has 2 fully saturated rings. The van der Waals surface area contributed by atoms with Gasteiger partial charge in [-0.2, -0.15) is 0 Å². The van der Waals surface area contributed by atoms with E-state index in [0.717, 1.165) is 24.8 Å². The highest BCUT2D eigenvalue weighted by molar-refractivity contribution is 5.93. The van der Waals surface area contributed by atoms with E-state index in [1.165, 1.54) is 0 Å². The van der Waals surface area contributed by atoms with Crippen LogP contribution in [0.15, 0.2) is 35.3 Å². The van der Waals surface area contributed by atoms with Crippen LogP contribution in [0.2, 0.25) is 0 Å². The molecule has 2 aliphatic rings. The highest BCUT2D eigenvalue weighted by atomic mass is 16.2. The molecule has 36 heavy (non-hydrogen) atoms. The number of piperidine rings is 1. The summed E-state index contributed by atoms with van der Waals surface area (Å²) in [6.45, 7) is 4.41. The molecule has 10 heteroatoms. The van der Waals surface area contributed by atoms with Gasteiger partial charge in [-0.3, -0.25) is 19.4 Å². The lowest BCUT2D eigenvalue weighted by Crippen LogP contribution is -2.56. The van der Waals surface area contributed by atoms with Crippen LogP contribution in [0.3, 0.4) is 0 Å². The summed E-state index contributed by atoms with van der Waals surface area (Å²) in [5.74, 6) is -0.0481. The zero-order valence-corrected chi connectivity index (χ0v) is 21.3. The lowest BCUT2D eigenvalue weighted by molar-refractivity contribution is -0.142. The Morgan fingerprint density at radius 1 is 1.06 bits per heavy atom. The van der Waals surface area contributed by atoms with Crippen LogP contribution >= 0.6 is 0 Å². The Bertz CT molecular complexity index is 911. The van der Waals surface area contributed by atoms with E-state index in [1.54, 1.807) is 4.90 Å². The summed E-state index contributed by atoms with van der Waals surface area (Å²) in [5, 5.41) is 2.95. The molecule has 3 rings (SSSR count). The molecule has 2 aliphatic heterocycles. The summed E-state index contributed by atoms with van der Waals surface area (Å²) in [6.07, 6.45) is 4.54. The van der Waals surface area contributed by atoms with E-state index in [-0.39, 0.29) is 23.7 Å². The summed E-state index contributed by atoms with van der Waals surface area (Å²) >= 11 is 0. The summed E-state index contributed by atoms with van der Waals surface area (Å²) in [5.41, 5.74) is 18.0. The van der Waals surface area contributed by atoms with E-state index < -0.39 is 18.1 Å². The van der Waals surface area contributed by atoms with Gasteiger partial charge in [0.2, 0.25) is 17.7 Å². The van der Waals surface area contributed by atoms with Gasteiger partial charge in [-0.05, 0) is 56.4 Å². The normalized spacial score (nSPS) is 20.0. The van der Waals surface area contributed by atoms with Gasteiger partial charge in [0.15, 0.2) is 5.96 Å². The zero-order valence-electron chi connectivity index (χ0n) is 21.3. The fourth-order valence-electron chi connectivity index (χ4n) is 4.95. The van der Waals surface area contributed by atoms with Gasteiger partial charge >= 0.3 is 0 Å². The fraction of sp³-hybridized carbons (Fsp3) is 0.615. The average Bonchev–Trinajstić information content (AvgIpc) is 3.36. The molecule has 0 bridgehead atoms. The molecule has 2 saturated heterocycles. The number of benzene rings is 1. The first-order valence-electron chi connectivity index (χ1n) is 13.0. The topological polar surface area (TPSA) is 160 Å². The Hall–Kier alpha value is -3.14. The maximum absolute atomic E-state index is 13.3. The molecule has 3 atom stereocenters. The molecule has 3 amide bonds. The number of likely N-dealkylation sites (tertiary alicyclic amines) is 2. The highest BCUT2D eigenvalue weighted by Gasteiger charge is 2.38. The van der Waals surface area contributed by atoms with Crippen molar-refractivity contribution in [2.45, 2.75) is 70.0 Å². The van der Waals surface area contributed by atoms with Crippen molar-refractivity contribution < 1.29 is 14.4 Å². The van der Waals surface area contributed by atoms with E-state index in [0.29, 0.717) is 57.8 Å². The van der Waals surface area contributed by atoms with Crippen molar-refractivity contribution in [2.75, 3.05) is 26.2 Å². The van der Waals surface area contributed by atoms with Crippen LogP contribution in [0.25, 0.3) is 0 Å². The van der Waals surface area contributed by atoms with Crippen molar-refractivity contribution >= 4 is 23.7 Å². The van der Waals surface area contributed by atoms with Crippen LogP contribution < -0.4 is 22.5 Å². The number of nitrogens with two attached hydrogens (primary N) is 3. The van der Waals surface area contributed by atoms with Gasteiger partial charge in [0, 0.05) is 26.2 Å². The third kappa shape index (κ3) is 7.68. The number of amides is 3. The average molecular weight is 500 g/mol. The quantitative estimate of drug-likeness (QED) is 0.206. The summed E-state index contributed by atoms with van der Waals surface area (Å²) in [7, 11) is 0. The maximum atomic E-state index is 13.3. The van der Waals surface area contributed by atoms with Crippen LogP contribution in [0.5, 0.6) is 0 Å².